The molecule has 26 heavy (non-hydrogen) atoms. The number of rotatable bonds is 3. The monoisotopic (exact) mass is 347 g/mol. The zero-order valence-electron chi connectivity index (χ0n) is 13.8. The number of carbonyl (C=O) groups is 1. The summed E-state index contributed by atoms with van der Waals surface area (Å²) in [5, 5.41) is 7.65. The average Bonchev–Trinajstić information content (AvgIpc) is 3.08. The van der Waals surface area contributed by atoms with Gasteiger partial charge in [-0.2, -0.15) is 5.10 Å². The van der Waals surface area contributed by atoms with Crippen LogP contribution in [0.4, 0.5) is 10.2 Å². The Hall–Kier alpha value is -3.61. The van der Waals surface area contributed by atoms with Crippen LogP contribution in [-0.4, -0.2) is 25.7 Å². The highest BCUT2D eigenvalue weighted by atomic mass is 19.1. The third-order valence-corrected chi connectivity index (χ3v) is 3.99. The minimum Gasteiger partial charge on any atom is -0.306 e. The largest absolute Gasteiger partial charge is 0.306 e. The molecule has 0 spiro atoms. The summed E-state index contributed by atoms with van der Waals surface area (Å²) in [6.07, 6.45) is 6.97. The van der Waals surface area contributed by atoms with E-state index in [0.29, 0.717) is 22.3 Å². The van der Waals surface area contributed by atoms with Crippen LogP contribution in [0.3, 0.4) is 0 Å². The van der Waals surface area contributed by atoms with Crippen molar-refractivity contribution in [2.45, 2.75) is 0 Å². The quantitative estimate of drug-likeness (QED) is 0.616. The van der Waals surface area contributed by atoms with Crippen molar-refractivity contribution in [2.24, 2.45) is 7.05 Å². The minimum absolute atomic E-state index is 0.349. The molecule has 0 unspecified atom stereocenters. The van der Waals surface area contributed by atoms with Crippen LogP contribution in [0.2, 0.25) is 0 Å². The van der Waals surface area contributed by atoms with Crippen LogP contribution in [0.1, 0.15) is 10.4 Å². The molecule has 3 aromatic heterocycles. The van der Waals surface area contributed by atoms with Gasteiger partial charge < -0.3 is 5.32 Å². The number of halogens is 1. The molecule has 1 N–H and O–H groups in total. The number of aromatic nitrogens is 4. The Morgan fingerprint density at radius 2 is 1.88 bits per heavy atom. The SMILES string of the molecule is Cn1cc(-c2cnc3ccnc(NC(=O)c4ccc(F)cc4)c3c2)cn1. The molecule has 0 atom stereocenters. The number of fused-ring (bicyclic) bond motifs is 1. The standard InChI is InChI=1S/C19H14FN5O/c1-25-11-14(10-23-25)13-8-16-17(22-9-13)6-7-21-18(16)24-19(26)12-2-4-15(20)5-3-12/h2-11H,1H3,(H,21,24,26). The van der Waals surface area contributed by atoms with Gasteiger partial charge in [0.1, 0.15) is 11.6 Å². The second-order valence-electron chi connectivity index (χ2n) is 5.81. The van der Waals surface area contributed by atoms with Gasteiger partial charge in [-0.05, 0) is 36.4 Å². The van der Waals surface area contributed by atoms with Crippen LogP contribution in [0.25, 0.3) is 22.0 Å². The van der Waals surface area contributed by atoms with Crippen LogP contribution >= 0.6 is 0 Å². The summed E-state index contributed by atoms with van der Waals surface area (Å²) < 4.78 is 14.7. The Labute approximate surface area is 148 Å². The van der Waals surface area contributed by atoms with Gasteiger partial charge in [0, 0.05) is 47.7 Å². The second kappa shape index (κ2) is 6.36. The highest BCUT2D eigenvalue weighted by Crippen LogP contribution is 2.26. The lowest BCUT2D eigenvalue weighted by atomic mass is 10.1. The number of hydrogen-bond acceptors (Lipinski definition) is 4. The summed E-state index contributed by atoms with van der Waals surface area (Å²) in [4.78, 5) is 21.1. The summed E-state index contributed by atoms with van der Waals surface area (Å²) in [6.45, 7) is 0. The zero-order valence-corrected chi connectivity index (χ0v) is 13.8. The number of amides is 1. The van der Waals surface area contributed by atoms with Crippen molar-refractivity contribution in [2.75, 3.05) is 5.32 Å². The molecule has 0 aliphatic carbocycles. The molecule has 1 amide bonds. The summed E-state index contributed by atoms with van der Waals surface area (Å²) in [6, 6.07) is 9.02. The van der Waals surface area contributed by atoms with E-state index in [-0.39, 0.29) is 5.91 Å². The van der Waals surface area contributed by atoms with Gasteiger partial charge in [-0.1, -0.05) is 0 Å². The third kappa shape index (κ3) is 3.02. The number of nitrogens with zero attached hydrogens (tertiary/aromatic N) is 4. The molecule has 4 rings (SSSR count). The van der Waals surface area contributed by atoms with Gasteiger partial charge in [-0.3, -0.25) is 14.5 Å². The predicted molar refractivity (Wildman–Crippen MR) is 96.1 cm³/mol. The molecule has 4 aromatic rings. The van der Waals surface area contributed by atoms with Gasteiger partial charge in [0.05, 0.1) is 11.7 Å². The number of carbonyl (C=O) groups excluding carboxylic acids is 1. The summed E-state index contributed by atoms with van der Waals surface area (Å²) in [5.74, 6) is -0.359. The van der Waals surface area contributed by atoms with Crippen molar-refractivity contribution in [3.63, 3.8) is 0 Å². The van der Waals surface area contributed by atoms with Gasteiger partial charge in [0.25, 0.3) is 5.91 Å². The normalized spacial score (nSPS) is 10.8. The van der Waals surface area contributed by atoms with Crippen LogP contribution in [-0.2, 0) is 7.05 Å². The highest BCUT2D eigenvalue weighted by molar-refractivity contribution is 6.08. The van der Waals surface area contributed by atoms with Gasteiger partial charge in [0.2, 0.25) is 0 Å². The van der Waals surface area contributed by atoms with E-state index in [2.05, 4.69) is 20.4 Å². The predicted octanol–water partition coefficient (Wildman–Crippen LogP) is 3.42. The fourth-order valence-electron chi connectivity index (χ4n) is 2.66. The Morgan fingerprint density at radius 3 is 2.62 bits per heavy atom. The first-order valence-corrected chi connectivity index (χ1v) is 7.91. The topological polar surface area (TPSA) is 72.7 Å². The lowest BCUT2D eigenvalue weighted by Gasteiger charge is -2.08. The zero-order chi connectivity index (χ0) is 18.1. The fraction of sp³-hybridized carbons (Fsp3) is 0.0526. The lowest BCUT2D eigenvalue weighted by Crippen LogP contribution is -2.13. The van der Waals surface area contributed by atoms with Gasteiger partial charge in [-0.25, -0.2) is 9.37 Å². The van der Waals surface area contributed by atoms with Gasteiger partial charge in [0.15, 0.2) is 0 Å². The van der Waals surface area contributed by atoms with Crippen molar-refractivity contribution in [1.82, 2.24) is 19.7 Å². The van der Waals surface area contributed by atoms with E-state index in [1.165, 1.54) is 24.3 Å². The van der Waals surface area contributed by atoms with Crippen molar-refractivity contribution in [3.05, 3.63) is 72.6 Å². The Morgan fingerprint density at radius 1 is 1.08 bits per heavy atom. The van der Waals surface area contributed by atoms with Crippen molar-refractivity contribution in [1.29, 1.82) is 0 Å². The van der Waals surface area contributed by atoms with Crippen molar-refractivity contribution >= 4 is 22.6 Å². The van der Waals surface area contributed by atoms with Crippen LogP contribution in [0.15, 0.2) is 61.2 Å². The molecule has 0 aliphatic heterocycles. The number of pyridine rings is 2. The fourth-order valence-corrected chi connectivity index (χ4v) is 2.66. The maximum Gasteiger partial charge on any atom is 0.256 e. The van der Waals surface area contributed by atoms with Gasteiger partial charge in [-0.15, -0.1) is 0 Å². The molecule has 0 fully saturated rings. The van der Waals surface area contributed by atoms with E-state index in [9.17, 15) is 9.18 Å². The van der Waals surface area contributed by atoms with E-state index < -0.39 is 5.82 Å². The molecule has 7 heteroatoms. The molecule has 0 saturated heterocycles. The van der Waals surface area contributed by atoms with E-state index in [4.69, 9.17) is 0 Å². The molecule has 128 valence electrons. The second-order valence-corrected chi connectivity index (χ2v) is 5.81. The molecule has 3 heterocycles. The third-order valence-electron chi connectivity index (χ3n) is 3.99. The van der Waals surface area contributed by atoms with Crippen molar-refractivity contribution in [3.8, 4) is 11.1 Å². The molecule has 0 bridgehead atoms. The minimum atomic E-state index is -0.393. The van der Waals surface area contributed by atoms with Gasteiger partial charge >= 0.3 is 0 Å². The maximum atomic E-state index is 13.0. The Balaban J connectivity index is 1.72. The molecule has 1 aromatic carbocycles. The molecular weight excluding hydrogens is 333 g/mol. The number of anilines is 1. The Bertz CT molecular complexity index is 1100. The first-order chi connectivity index (χ1) is 12.6. The molecular formula is C19H14FN5O. The smallest absolute Gasteiger partial charge is 0.256 e. The van der Waals surface area contributed by atoms with Crippen LogP contribution in [0, 0.1) is 5.82 Å². The van der Waals surface area contributed by atoms with Crippen molar-refractivity contribution < 1.29 is 9.18 Å². The van der Waals surface area contributed by atoms with E-state index in [1.54, 1.807) is 29.3 Å². The van der Waals surface area contributed by atoms with E-state index in [1.807, 2.05) is 19.3 Å². The maximum absolute atomic E-state index is 13.0. The van der Waals surface area contributed by atoms with Crippen LogP contribution < -0.4 is 5.32 Å². The lowest BCUT2D eigenvalue weighted by molar-refractivity contribution is 0.102. The average molecular weight is 347 g/mol. The number of benzene rings is 1. The summed E-state index contributed by atoms with van der Waals surface area (Å²) in [5.41, 5.74) is 2.85. The Kier molecular flexibility index (Phi) is 3.89. The molecule has 0 saturated carbocycles. The first-order valence-electron chi connectivity index (χ1n) is 7.91. The van der Waals surface area contributed by atoms with E-state index in [0.717, 1.165) is 11.1 Å². The first kappa shape index (κ1) is 15.9. The van der Waals surface area contributed by atoms with Crippen LogP contribution in [0.5, 0.6) is 0 Å². The van der Waals surface area contributed by atoms with E-state index >= 15 is 0 Å². The highest BCUT2D eigenvalue weighted by Gasteiger charge is 2.11. The summed E-state index contributed by atoms with van der Waals surface area (Å²) in [7, 11) is 1.84. The number of aryl methyl sites for hydroxylation is 1. The molecule has 0 radical (unpaired) electrons. The summed E-state index contributed by atoms with van der Waals surface area (Å²) >= 11 is 0. The number of hydrogen-bond donors (Lipinski definition) is 1. The molecule has 0 aliphatic rings. The molecule has 6 nitrogen and oxygen atoms in total. The number of nitrogens with one attached hydrogen (secondary N) is 1.